The molecule has 8 heteroatoms. The Labute approximate surface area is 121 Å². The van der Waals surface area contributed by atoms with Crippen molar-refractivity contribution in [2.45, 2.75) is 25.8 Å². The van der Waals surface area contributed by atoms with Crippen LogP contribution in [-0.4, -0.2) is 34.5 Å². The zero-order valence-corrected chi connectivity index (χ0v) is 11.5. The fourth-order valence-electron chi connectivity index (χ4n) is 1.93. The summed E-state index contributed by atoms with van der Waals surface area (Å²) in [4.78, 5) is 32.5. The molecule has 4 N–H and O–H groups in total. The molecule has 0 fully saturated rings. The predicted octanol–water partition coefficient (Wildman–Crippen LogP) is 0.364. The van der Waals surface area contributed by atoms with Crippen LogP contribution in [0.4, 0.5) is 5.69 Å². The Hall–Kier alpha value is -2.48. The average molecular weight is 295 g/mol. The first kappa shape index (κ1) is 16.6. The molecule has 1 aromatic rings. The number of carbonyl (C=O) groups is 2. The molecule has 0 aliphatic carbocycles. The average Bonchev–Trinajstić information content (AvgIpc) is 2.39. The molecule has 1 atom stereocenters. The van der Waals surface area contributed by atoms with Gasteiger partial charge in [0.25, 0.3) is 5.69 Å². The summed E-state index contributed by atoms with van der Waals surface area (Å²) in [5, 5.41) is 22.2. The minimum Gasteiger partial charge on any atom is -0.481 e. The molecule has 0 aliphatic heterocycles. The Morgan fingerprint density at radius 1 is 1.48 bits per heavy atom. The monoisotopic (exact) mass is 295 g/mol. The van der Waals surface area contributed by atoms with Crippen LogP contribution in [0.15, 0.2) is 18.2 Å². The highest BCUT2D eigenvalue weighted by Crippen LogP contribution is 2.20. The molecule has 1 rings (SSSR count). The number of aliphatic carboxylic acids is 1. The van der Waals surface area contributed by atoms with Crippen LogP contribution < -0.4 is 11.1 Å². The Morgan fingerprint density at radius 2 is 2.14 bits per heavy atom. The lowest BCUT2D eigenvalue weighted by Gasteiger charge is -2.16. The molecular weight excluding hydrogens is 278 g/mol. The number of nitro benzene ring substituents is 1. The third kappa shape index (κ3) is 5.19. The number of hydrogen-bond donors (Lipinski definition) is 3. The van der Waals surface area contributed by atoms with E-state index in [1.807, 2.05) is 0 Å². The van der Waals surface area contributed by atoms with Crippen LogP contribution in [0.3, 0.4) is 0 Å². The number of aryl methyl sites for hydroxylation is 1. The van der Waals surface area contributed by atoms with Crippen molar-refractivity contribution in [1.29, 1.82) is 0 Å². The van der Waals surface area contributed by atoms with Gasteiger partial charge in [0.2, 0.25) is 5.91 Å². The molecule has 21 heavy (non-hydrogen) atoms. The fraction of sp³-hybridized carbons (Fsp3) is 0.385. The van der Waals surface area contributed by atoms with Crippen molar-refractivity contribution in [3.63, 3.8) is 0 Å². The van der Waals surface area contributed by atoms with Crippen LogP contribution in [0.5, 0.6) is 0 Å². The molecule has 0 spiro atoms. The molecule has 0 radical (unpaired) electrons. The van der Waals surface area contributed by atoms with E-state index in [4.69, 9.17) is 10.8 Å². The van der Waals surface area contributed by atoms with Gasteiger partial charge in [-0.2, -0.15) is 0 Å². The quantitative estimate of drug-likeness (QED) is 0.491. The highest BCUT2D eigenvalue weighted by atomic mass is 16.6. The molecule has 0 aliphatic rings. The van der Waals surface area contributed by atoms with Crippen molar-refractivity contribution in [1.82, 2.24) is 5.32 Å². The predicted molar refractivity (Wildman–Crippen MR) is 74.8 cm³/mol. The second-order valence-electron chi connectivity index (χ2n) is 4.65. The molecule has 1 amide bonds. The SMILES string of the molecule is Cc1ccc(CC(CC(=O)O)NC(=O)CN)cc1[N+](=O)[O-]. The summed E-state index contributed by atoms with van der Waals surface area (Å²) < 4.78 is 0. The van der Waals surface area contributed by atoms with Crippen LogP contribution >= 0.6 is 0 Å². The second kappa shape index (κ2) is 7.34. The zero-order chi connectivity index (χ0) is 16.0. The topological polar surface area (TPSA) is 136 Å². The van der Waals surface area contributed by atoms with Crippen LogP contribution in [0, 0.1) is 17.0 Å². The van der Waals surface area contributed by atoms with Crippen molar-refractivity contribution < 1.29 is 19.6 Å². The third-order valence-electron chi connectivity index (χ3n) is 2.92. The number of amides is 1. The molecule has 1 aromatic carbocycles. The normalized spacial score (nSPS) is 11.7. The van der Waals surface area contributed by atoms with Gasteiger partial charge < -0.3 is 16.2 Å². The first-order valence-corrected chi connectivity index (χ1v) is 6.28. The maximum atomic E-state index is 11.3. The van der Waals surface area contributed by atoms with Crippen molar-refractivity contribution in [2.75, 3.05) is 6.54 Å². The summed E-state index contributed by atoms with van der Waals surface area (Å²) in [6.07, 6.45) is -0.105. The van der Waals surface area contributed by atoms with Crippen molar-refractivity contribution in [3.05, 3.63) is 39.4 Å². The number of nitro groups is 1. The van der Waals surface area contributed by atoms with Crippen LogP contribution in [0.2, 0.25) is 0 Å². The minimum atomic E-state index is -1.07. The highest BCUT2D eigenvalue weighted by Gasteiger charge is 2.18. The molecule has 114 valence electrons. The number of nitrogens with two attached hydrogens (primary N) is 1. The first-order chi connectivity index (χ1) is 9.83. The highest BCUT2D eigenvalue weighted by molar-refractivity contribution is 5.79. The summed E-state index contributed by atoms with van der Waals surface area (Å²) in [7, 11) is 0. The van der Waals surface area contributed by atoms with E-state index < -0.39 is 22.8 Å². The van der Waals surface area contributed by atoms with Crippen molar-refractivity contribution >= 4 is 17.6 Å². The van der Waals surface area contributed by atoms with Gasteiger partial charge in [-0.3, -0.25) is 19.7 Å². The summed E-state index contributed by atoms with van der Waals surface area (Å²) in [5.74, 6) is -1.54. The fourth-order valence-corrected chi connectivity index (χ4v) is 1.93. The molecule has 0 bridgehead atoms. The molecular formula is C13H17N3O5. The third-order valence-corrected chi connectivity index (χ3v) is 2.92. The van der Waals surface area contributed by atoms with Gasteiger partial charge in [0.1, 0.15) is 0 Å². The van der Waals surface area contributed by atoms with Gasteiger partial charge >= 0.3 is 5.97 Å². The number of carboxylic acid groups (broad SMARTS) is 1. The maximum absolute atomic E-state index is 11.3. The van der Waals surface area contributed by atoms with Crippen LogP contribution in [0.25, 0.3) is 0 Å². The molecule has 0 heterocycles. The Morgan fingerprint density at radius 3 is 2.67 bits per heavy atom. The Kier molecular flexibility index (Phi) is 5.79. The molecule has 8 nitrogen and oxygen atoms in total. The van der Waals surface area contributed by atoms with E-state index in [-0.39, 0.29) is 25.1 Å². The summed E-state index contributed by atoms with van der Waals surface area (Å²) >= 11 is 0. The van der Waals surface area contributed by atoms with Crippen molar-refractivity contribution in [3.8, 4) is 0 Å². The van der Waals surface area contributed by atoms with E-state index in [1.54, 1.807) is 19.1 Å². The largest absolute Gasteiger partial charge is 0.481 e. The molecule has 0 saturated heterocycles. The zero-order valence-electron chi connectivity index (χ0n) is 11.5. The number of rotatable bonds is 7. The van der Waals surface area contributed by atoms with E-state index in [2.05, 4.69) is 5.32 Å². The number of nitrogens with zero attached hydrogens (tertiary/aromatic N) is 1. The second-order valence-corrected chi connectivity index (χ2v) is 4.65. The number of carbonyl (C=O) groups excluding carboxylic acids is 1. The number of hydrogen-bond acceptors (Lipinski definition) is 5. The first-order valence-electron chi connectivity index (χ1n) is 6.28. The smallest absolute Gasteiger partial charge is 0.305 e. The van der Waals surface area contributed by atoms with Crippen molar-refractivity contribution in [2.24, 2.45) is 5.73 Å². The molecule has 1 unspecified atom stereocenters. The Bertz CT molecular complexity index is 559. The summed E-state index contributed by atoms with van der Waals surface area (Å²) in [6, 6.07) is 3.99. The van der Waals surface area contributed by atoms with E-state index in [1.165, 1.54) is 6.07 Å². The van der Waals surface area contributed by atoms with E-state index >= 15 is 0 Å². The molecule has 0 saturated carbocycles. The van der Waals surface area contributed by atoms with Crippen LogP contribution in [0.1, 0.15) is 17.5 Å². The number of nitrogens with one attached hydrogen (secondary N) is 1. The molecule has 0 aromatic heterocycles. The summed E-state index contributed by atoms with van der Waals surface area (Å²) in [5.41, 5.74) is 6.24. The number of carboxylic acids is 1. The van der Waals surface area contributed by atoms with Gasteiger partial charge in [-0.25, -0.2) is 0 Å². The minimum absolute atomic E-state index is 0.0354. The van der Waals surface area contributed by atoms with Gasteiger partial charge in [-0.15, -0.1) is 0 Å². The van der Waals surface area contributed by atoms with Gasteiger partial charge in [0, 0.05) is 17.7 Å². The lowest BCUT2D eigenvalue weighted by molar-refractivity contribution is -0.385. The van der Waals surface area contributed by atoms with E-state index in [9.17, 15) is 19.7 Å². The maximum Gasteiger partial charge on any atom is 0.305 e. The van der Waals surface area contributed by atoms with Crippen LogP contribution in [-0.2, 0) is 16.0 Å². The lowest BCUT2D eigenvalue weighted by atomic mass is 10.0. The van der Waals surface area contributed by atoms with Gasteiger partial charge in [0.05, 0.1) is 17.9 Å². The Balaban J connectivity index is 2.92. The van der Waals surface area contributed by atoms with Gasteiger partial charge in [-0.1, -0.05) is 12.1 Å². The lowest BCUT2D eigenvalue weighted by Crippen LogP contribution is -2.41. The van der Waals surface area contributed by atoms with Gasteiger partial charge in [0.15, 0.2) is 0 Å². The summed E-state index contributed by atoms with van der Waals surface area (Å²) in [6.45, 7) is 1.37. The standard InChI is InChI=1S/C13H17N3O5/c1-8-2-3-9(5-11(8)16(20)21)4-10(6-13(18)19)15-12(17)7-14/h2-3,5,10H,4,6-7,14H2,1H3,(H,15,17)(H,18,19). The van der Waals surface area contributed by atoms with Gasteiger partial charge in [-0.05, 0) is 18.9 Å². The van der Waals surface area contributed by atoms with E-state index in [0.29, 0.717) is 11.1 Å². The van der Waals surface area contributed by atoms with E-state index in [0.717, 1.165) is 0 Å². The number of benzene rings is 1.